The lowest BCUT2D eigenvalue weighted by Crippen LogP contribution is -2.18. The smallest absolute Gasteiger partial charge is 0.274 e. The van der Waals surface area contributed by atoms with Gasteiger partial charge in [-0.05, 0) is 30.3 Å². The number of carbonyl (C=O) groups excluding carboxylic acids is 1. The van der Waals surface area contributed by atoms with Gasteiger partial charge in [-0.2, -0.15) is 0 Å². The Morgan fingerprint density at radius 3 is 2.50 bits per heavy atom. The molecule has 3 aromatic rings. The van der Waals surface area contributed by atoms with Crippen molar-refractivity contribution in [1.29, 1.82) is 0 Å². The van der Waals surface area contributed by atoms with Gasteiger partial charge in [-0.3, -0.25) is 4.79 Å². The number of nitrogens with one attached hydrogen (secondary N) is 1. The number of anilines is 3. The Bertz CT molecular complexity index is 854. The van der Waals surface area contributed by atoms with Crippen molar-refractivity contribution in [3.63, 3.8) is 0 Å². The third kappa shape index (κ3) is 3.38. The van der Waals surface area contributed by atoms with E-state index >= 15 is 0 Å². The summed E-state index contributed by atoms with van der Waals surface area (Å²) in [5.41, 5.74) is 1.16. The molecule has 0 spiro atoms. The molecule has 0 unspecified atom stereocenters. The minimum Gasteiger partial charge on any atom is -0.318 e. The SMILES string of the molecule is CN(c1ccccc1)c1nccc(C(=O)Nc2ccccc2F)n1. The molecule has 5 nitrogen and oxygen atoms in total. The Hall–Kier alpha value is -3.28. The monoisotopic (exact) mass is 322 g/mol. The number of carbonyl (C=O) groups is 1. The lowest BCUT2D eigenvalue weighted by Gasteiger charge is -2.17. The molecule has 0 aliphatic heterocycles. The minimum absolute atomic E-state index is 0.110. The Morgan fingerprint density at radius 1 is 1.04 bits per heavy atom. The number of aromatic nitrogens is 2. The molecule has 0 aliphatic carbocycles. The van der Waals surface area contributed by atoms with Gasteiger partial charge in [0.25, 0.3) is 5.91 Å². The van der Waals surface area contributed by atoms with Gasteiger partial charge < -0.3 is 10.2 Å². The number of benzene rings is 2. The van der Waals surface area contributed by atoms with Crippen molar-refractivity contribution in [2.45, 2.75) is 0 Å². The highest BCUT2D eigenvalue weighted by molar-refractivity contribution is 6.03. The maximum absolute atomic E-state index is 13.6. The second-order valence-electron chi connectivity index (χ2n) is 5.07. The van der Waals surface area contributed by atoms with Crippen molar-refractivity contribution in [1.82, 2.24) is 9.97 Å². The summed E-state index contributed by atoms with van der Waals surface area (Å²) in [4.78, 5) is 22.5. The van der Waals surface area contributed by atoms with Crippen molar-refractivity contribution in [3.8, 4) is 0 Å². The average molecular weight is 322 g/mol. The van der Waals surface area contributed by atoms with Crippen LogP contribution in [0.25, 0.3) is 0 Å². The third-order valence-electron chi connectivity index (χ3n) is 3.44. The highest BCUT2D eigenvalue weighted by Crippen LogP contribution is 2.19. The maximum Gasteiger partial charge on any atom is 0.274 e. The summed E-state index contributed by atoms with van der Waals surface area (Å²) < 4.78 is 13.6. The number of hydrogen-bond acceptors (Lipinski definition) is 4. The molecule has 0 atom stereocenters. The van der Waals surface area contributed by atoms with Gasteiger partial charge in [-0.1, -0.05) is 30.3 Å². The minimum atomic E-state index is -0.499. The average Bonchev–Trinajstić information content (AvgIpc) is 2.64. The largest absolute Gasteiger partial charge is 0.318 e. The van der Waals surface area contributed by atoms with E-state index < -0.39 is 11.7 Å². The molecule has 0 saturated heterocycles. The van der Waals surface area contributed by atoms with Crippen LogP contribution in [0, 0.1) is 5.82 Å². The predicted molar refractivity (Wildman–Crippen MR) is 90.9 cm³/mol. The van der Waals surface area contributed by atoms with E-state index in [2.05, 4.69) is 15.3 Å². The van der Waals surface area contributed by atoms with Gasteiger partial charge in [0.1, 0.15) is 11.5 Å². The fourth-order valence-electron chi connectivity index (χ4n) is 2.15. The number of para-hydroxylation sites is 2. The molecule has 0 saturated carbocycles. The zero-order valence-corrected chi connectivity index (χ0v) is 13.0. The number of nitrogens with zero attached hydrogens (tertiary/aromatic N) is 3. The van der Waals surface area contributed by atoms with Crippen LogP contribution in [0.3, 0.4) is 0 Å². The molecule has 1 aromatic heterocycles. The first-order valence-corrected chi connectivity index (χ1v) is 7.33. The van der Waals surface area contributed by atoms with E-state index in [1.165, 1.54) is 24.4 Å². The first-order valence-electron chi connectivity index (χ1n) is 7.33. The Morgan fingerprint density at radius 2 is 1.75 bits per heavy atom. The van der Waals surface area contributed by atoms with E-state index in [4.69, 9.17) is 0 Å². The Labute approximate surface area is 138 Å². The van der Waals surface area contributed by atoms with Gasteiger partial charge in [-0.25, -0.2) is 14.4 Å². The van der Waals surface area contributed by atoms with Crippen LogP contribution in [0.2, 0.25) is 0 Å². The van der Waals surface area contributed by atoms with E-state index in [-0.39, 0.29) is 11.4 Å². The van der Waals surface area contributed by atoms with E-state index in [9.17, 15) is 9.18 Å². The van der Waals surface area contributed by atoms with Crippen molar-refractivity contribution in [2.75, 3.05) is 17.3 Å². The zero-order chi connectivity index (χ0) is 16.9. The first kappa shape index (κ1) is 15.6. The molecule has 0 aliphatic rings. The molecule has 1 heterocycles. The van der Waals surface area contributed by atoms with Crippen LogP contribution in [0.5, 0.6) is 0 Å². The van der Waals surface area contributed by atoms with Gasteiger partial charge >= 0.3 is 0 Å². The highest BCUT2D eigenvalue weighted by Gasteiger charge is 2.13. The molecule has 0 radical (unpaired) electrons. The Kier molecular flexibility index (Phi) is 4.47. The molecule has 1 N–H and O–H groups in total. The standard InChI is InChI=1S/C18H15FN4O/c1-23(13-7-3-2-4-8-13)18-20-12-11-16(22-18)17(24)21-15-10-6-5-9-14(15)19/h2-12H,1H3,(H,21,24). The quantitative estimate of drug-likeness (QED) is 0.797. The molecule has 24 heavy (non-hydrogen) atoms. The molecule has 2 aromatic carbocycles. The molecule has 6 heteroatoms. The fraction of sp³-hybridized carbons (Fsp3) is 0.0556. The summed E-state index contributed by atoms with van der Waals surface area (Å²) in [5, 5.41) is 2.51. The summed E-state index contributed by atoms with van der Waals surface area (Å²) in [6.45, 7) is 0. The van der Waals surface area contributed by atoms with Gasteiger partial charge in [0.2, 0.25) is 5.95 Å². The second kappa shape index (κ2) is 6.87. The van der Waals surface area contributed by atoms with Crippen LogP contribution in [0.1, 0.15) is 10.5 Å². The van der Waals surface area contributed by atoms with Gasteiger partial charge in [0.15, 0.2) is 0 Å². The summed E-state index contributed by atoms with van der Waals surface area (Å²) >= 11 is 0. The molecule has 120 valence electrons. The van der Waals surface area contributed by atoms with E-state index in [0.29, 0.717) is 5.95 Å². The molecule has 0 fully saturated rings. The highest BCUT2D eigenvalue weighted by atomic mass is 19.1. The van der Waals surface area contributed by atoms with Crippen molar-refractivity contribution < 1.29 is 9.18 Å². The van der Waals surface area contributed by atoms with Gasteiger partial charge in [0, 0.05) is 18.9 Å². The van der Waals surface area contributed by atoms with E-state index in [1.54, 1.807) is 17.0 Å². The van der Waals surface area contributed by atoms with Crippen LogP contribution in [0.4, 0.5) is 21.7 Å². The number of halogens is 1. The second-order valence-corrected chi connectivity index (χ2v) is 5.07. The molecular formula is C18H15FN4O. The lowest BCUT2D eigenvalue weighted by atomic mass is 10.3. The van der Waals surface area contributed by atoms with Gasteiger partial charge in [-0.15, -0.1) is 0 Å². The molecule has 3 rings (SSSR count). The van der Waals surface area contributed by atoms with Crippen molar-refractivity contribution in [2.24, 2.45) is 0 Å². The molecule has 1 amide bonds. The summed E-state index contributed by atoms with van der Waals surface area (Å²) in [7, 11) is 1.81. The zero-order valence-electron chi connectivity index (χ0n) is 13.0. The fourth-order valence-corrected chi connectivity index (χ4v) is 2.15. The molecule has 0 bridgehead atoms. The van der Waals surface area contributed by atoms with Crippen LogP contribution in [-0.2, 0) is 0 Å². The summed E-state index contributed by atoms with van der Waals surface area (Å²) in [5.74, 6) is -0.617. The first-order chi connectivity index (χ1) is 11.6. The normalized spacial score (nSPS) is 10.2. The van der Waals surface area contributed by atoms with Crippen LogP contribution in [0.15, 0.2) is 66.9 Å². The topological polar surface area (TPSA) is 58.1 Å². The number of hydrogen-bond donors (Lipinski definition) is 1. The van der Waals surface area contributed by atoms with E-state index in [0.717, 1.165) is 5.69 Å². The molecular weight excluding hydrogens is 307 g/mol. The number of amides is 1. The lowest BCUT2D eigenvalue weighted by molar-refractivity contribution is 0.102. The van der Waals surface area contributed by atoms with Gasteiger partial charge in [0.05, 0.1) is 5.69 Å². The van der Waals surface area contributed by atoms with E-state index in [1.807, 2.05) is 37.4 Å². The third-order valence-corrected chi connectivity index (χ3v) is 3.44. The van der Waals surface area contributed by atoms with Crippen LogP contribution >= 0.6 is 0 Å². The Balaban J connectivity index is 1.83. The number of rotatable bonds is 4. The van der Waals surface area contributed by atoms with Crippen molar-refractivity contribution >= 4 is 23.2 Å². The summed E-state index contributed by atoms with van der Waals surface area (Å²) in [6.07, 6.45) is 1.50. The summed E-state index contributed by atoms with van der Waals surface area (Å²) in [6, 6.07) is 17.0. The van der Waals surface area contributed by atoms with Crippen LogP contribution in [-0.4, -0.2) is 22.9 Å². The van der Waals surface area contributed by atoms with Crippen molar-refractivity contribution in [3.05, 3.63) is 78.4 Å². The maximum atomic E-state index is 13.6. The van der Waals surface area contributed by atoms with Crippen LogP contribution < -0.4 is 10.2 Å². The predicted octanol–water partition coefficient (Wildman–Crippen LogP) is 3.64.